The molecule has 1 aromatic carbocycles. The van der Waals surface area contributed by atoms with Crippen molar-refractivity contribution in [1.82, 2.24) is 4.90 Å². The Kier molecular flexibility index (Phi) is 4.04. The zero-order valence-corrected chi connectivity index (χ0v) is 12.2. The maximum atomic E-state index is 13.7. The highest BCUT2D eigenvalue weighted by molar-refractivity contribution is 9.10. The van der Waals surface area contributed by atoms with Crippen LogP contribution in [0.4, 0.5) is 4.39 Å². The van der Waals surface area contributed by atoms with Gasteiger partial charge in [0.25, 0.3) is 5.91 Å². The van der Waals surface area contributed by atoms with Gasteiger partial charge in [-0.15, -0.1) is 0 Å². The zero-order chi connectivity index (χ0) is 14.0. The molecule has 0 unspecified atom stereocenters. The summed E-state index contributed by atoms with van der Waals surface area (Å²) in [5, 5.41) is 0. The highest BCUT2D eigenvalue weighted by atomic mass is 79.9. The fourth-order valence-electron chi connectivity index (χ4n) is 1.80. The summed E-state index contributed by atoms with van der Waals surface area (Å²) in [6.45, 7) is 2.20. The highest BCUT2D eigenvalue weighted by Crippen LogP contribution is 2.22. The monoisotopic (exact) mass is 325 g/mol. The molecule has 0 N–H and O–H groups in total. The lowest BCUT2D eigenvalue weighted by atomic mass is 10.1. The number of carbonyl (C=O) groups is 1. The van der Waals surface area contributed by atoms with Gasteiger partial charge in [0.2, 0.25) is 0 Å². The molecule has 1 amide bonds. The van der Waals surface area contributed by atoms with Crippen molar-refractivity contribution in [1.29, 1.82) is 0 Å². The Morgan fingerprint density at radius 1 is 1.42 bits per heavy atom. The maximum absolute atomic E-state index is 13.7. The second kappa shape index (κ2) is 5.57. The smallest absolute Gasteiger partial charge is 0.258 e. The molecule has 0 aliphatic heterocycles. The molecule has 0 aliphatic carbocycles. The summed E-state index contributed by atoms with van der Waals surface area (Å²) in [4.78, 5) is 13.7. The summed E-state index contributed by atoms with van der Waals surface area (Å²) in [6, 6.07) is 6.27. The standard InChI is InChI=1S/C14H13BrFNO2/c1-9-10(6-7-19-9)8-17(2)14(18)13-11(15)4-3-5-12(13)16/h3-7H,8H2,1-2H3. The van der Waals surface area contributed by atoms with Gasteiger partial charge in [-0.05, 0) is 41.1 Å². The topological polar surface area (TPSA) is 33.5 Å². The number of carbonyl (C=O) groups excluding carboxylic acids is 1. The van der Waals surface area contributed by atoms with Crippen LogP contribution in [-0.4, -0.2) is 17.9 Å². The van der Waals surface area contributed by atoms with E-state index in [4.69, 9.17) is 4.42 Å². The number of amides is 1. The van der Waals surface area contributed by atoms with Gasteiger partial charge in [-0.2, -0.15) is 0 Å². The van der Waals surface area contributed by atoms with Crippen LogP contribution in [0.25, 0.3) is 0 Å². The van der Waals surface area contributed by atoms with E-state index in [-0.39, 0.29) is 11.5 Å². The summed E-state index contributed by atoms with van der Waals surface area (Å²) in [5.74, 6) is -0.145. The van der Waals surface area contributed by atoms with Crippen LogP contribution >= 0.6 is 15.9 Å². The van der Waals surface area contributed by atoms with Gasteiger partial charge >= 0.3 is 0 Å². The Morgan fingerprint density at radius 3 is 2.74 bits per heavy atom. The van der Waals surface area contributed by atoms with Crippen LogP contribution in [0.15, 0.2) is 39.4 Å². The van der Waals surface area contributed by atoms with Gasteiger partial charge in [0.05, 0.1) is 11.8 Å². The average Bonchev–Trinajstić information content (AvgIpc) is 2.74. The normalized spacial score (nSPS) is 10.5. The molecule has 1 heterocycles. The van der Waals surface area contributed by atoms with Crippen molar-refractivity contribution in [2.45, 2.75) is 13.5 Å². The first-order chi connectivity index (χ1) is 9.00. The second-order valence-electron chi connectivity index (χ2n) is 4.26. The van der Waals surface area contributed by atoms with E-state index in [9.17, 15) is 9.18 Å². The van der Waals surface area contributed by atoms with Crippen molar-refractivity contribution in [3.8, 4) is 0 Å². The lowest BCUT2D eigenvalue weighted by Crippen LogP contribution is -2.27. The molecular weight excluding hydrogens is 313 g/mol. The second-order valence-corrected chi connectivity index (χ2v) is 5.11. The molecule has 2 aromatic rings. The Labute approximate surface area is 119 Å². The maximum Gasteiger partial charge on any atom is 0.258 e. The Bertz CT molecular complexity index is 589. The third-order valence-corrected chi connectivity index (χ3v) is 3.56. The number of hydrogen-bond acceptors (Lipinski definition) is 2. The highest BCUT2D eigenvalue weighted by Gasteiger charge is 2.20. The molecule has 5 heteroatoms. The summed E-state index contributed by atoms with van der Waals surface area (Å²) in [7, 11) is 1.63. The molecule has 2 rings (SSSR count). The van der Waals surface area contributed by atoms with Gasteiger partial charge in [0.15, 0.2) is 0 Å². The minimum atomic E-state index is -0.532. The molecule has 0 saturated carbocycles. The first kappa shape index (κ1) is 13.8. The van der Waals surface area contributed by atoms with Crippen molar-refractivity contribution < 1.29 is 13.6 Å². The summed E-state index contributed by atoms with van der Waals surface area (Å²) >= 11 is 3.20. The third kappa shape index (κ3) is 2.87. The predicted molar refractivity (Wildman–Crippen MR) is 73.3 cm³/mol. The molecule has 0 bridgehead atoms. The molecule has 0 saturated heterocycles. The quantitative estimate of drug-likeness (QED) is 0.860. The van der Waals surface area contributed by atoms with Crippen molar-refractivity contribution in [2.75, 3.05) is 7.05 Å². The minimum Gasteiger partial charge on any atom is -0.469 e. The summed E-state index contributed by atoms with van der Waals surface area (Å²) in [5.41, 5.74) is 0.953. The third-order valence-electron chi connectivity index (χ3n) is 2.90. The number of rotatable bonds is 3. The molecule has 19 heavy (non-hydrogen) atoms. The summed E-state index contributed by atoms with van der Waals surface area (Å²) < 4.78 is 19.4. The number of hydrogen-bond donors (Lipinski definition) is 0. The van der Waals surface area contributed by atoms with Crippen LogP contribution in [-0.2, 0) is 6.54 Å². The van der Waals surface area contributed by atoms with Crippen LogP contribution in [0, 0.1) is 12.7 Å². The molecule has 0 spiro atoms. The van der Waals surface area contributed by atoms with Crippen LogP contribution in [0.1, 0.15) is 21.7 Å². The van der Waals surface area contributed by atoms with E-state index < -0.39 is 5.82 Å². The van der Waals surface area contributed by atoms with Crippen molar-refractivity contribution >= 4 is 21.8 Å². The predicted octanol–water partition coefficient (Wildman–Crippen LogP) is 3.76. The van der Waals surface area contributed by atoms with E-state index in [1.807, 2.05) is 6.92 Å². The molecule has 1 aromatic heterocycles. The van der Waals surface area contributed by atoms with Crippen LogP contribution < -0.4 is 0 Å². The number of benzene rings is 1. The van der Waals surface area contributed by atoms with Gasteiger partial charge < -0.3 is 9.32 Å². The van der Waals surface area contributed by atoms with Gasteiger partial charge in [-0.25, -0.2) is 4.39 Å². The number of nitrogens with zero attached hydrogens (tertiary/aromatic N) is 1. The van der Waals surface area contributed by atoms with Gasteiger partial charge in [-0.3, -0.25) is 4.79 Å². The number of halogens is 2. The van der Waals surface area contributed by atoms with Crippen molar-refractivity contribution in [3.05, 3.63) is 57.7 Å². The number of furan rings is 1. The van der Waals surface area contributed by atoms with E-state index in [0.29, 0.717) is 11.0 Å². The van der Waals surface area contributed by atoms with E-state index >= 15 is 0 Å². The van der Waals surface area contributed by atoms with E-state index in [1.54, 1.807) is 31.5 Å². The van der Waals surface area contributed by atoms with E-state index in [1.165, 1.54) is 11.0 Å². The molecule has 0 radical (unpaired) electrons. The van der Waals surface area contributed by atoms with Crippen LogP contribution in [0.3, 0.4) is 0 Å². The van der Waals surface area contributed by atoms with E-state index in [2.05, 4.69) is 15.9 Å². The molecule has 3 nitrogen and oxygen atoms in total. The first-order valence-corrected chi connectivity index (χ1v) is 6.52. The first-order valence-electron chi connectivity index (χ1n) is 5.73. The van der Waals surface area contributed by atoms with Gasteiger partial charge in [0, 0.05) is 23.6 Å². The molecule has 0 fully saturated rings. The van der Waals surface area contributed by atoms with E-state index in [0.717, 1.165) is 11.3 Å². The molecular formula is C14H13BrFNO2. The lowest BCUT2D eigenvalue weighted by Gasteiger charge is -2.18. The van der Waals surface area contributed by atoms with Crippen LogP contribution in [0.5, 0.6) is 0 Å². The fraction of sp³-hybridized carbons (Fsp3) is 0.214. The molecule has 0 atom stereocenters. The molecule has 0 aliphatic rings. The molecule has 100 valence electrons. The van der Waals surface area contributed by atoms with Crippen molar-refractivity contribution in [3.63, 3.8) is 0 Å². The van der Waals surface area contributed by atoms with Gasteiger partial charge in [0.1, 0.15) is 11.6 Å². The van der Waals surface area contributed by atoms with Crippen molar-refractivity contribution in [2.24, 2.45) is 0 Å². The Morgan fingerprint density at radius 2 is 2.16 bits per heavy atom. The lowest BCUT2D eigenvalue weighted by molar-refractivity contribution is 0.0779. The largest absolute Gasteiger partial charge is 0.469 e. The minimum absolute atomic E-state index is 0.0474. The SMILES string of the molecule is Cc1occc1CN(C)C(=O)c1c(F)cccc1Br. The Balaban J connectivity index is 2.22. The fourth-order valence-corrected chi connectivity index (χ4v) is 2.31. The van der Waals surface area contributed by atoms with Crippen LogP contribution in [0.2, 0.25) is 0 Å². The zero-order valence-electron chi connectivity index (χ0n) is 10.6. The van der Waals surface area contributed by atoms with Gasteiger partial charge in [-0.1, -0.05) is 6.07 Å². The Hall–Kier alpha value is -1.62. The average molecular weight is 326 g/mol. The summed E-state index contributed by atoms with van der Waals surface area (Å²) in [6.07, 6.45) is 1.57. The number of aryl methyl sites for hydroxylation is 1.